The molecule has 0 aromatic heterocycles. The zero-order valence-electron chi connectivity index (χ0n) is 14.8. The van der Waals surface area contributed by atoms with Gasteiger partial charge < -0.3 is 9.64 Å². The van der Waals surface area contributed by atoms with Gasteiger partial charge in [-0.05, 0) is 64.7 Å². The number of carbonyl (C=O) groups excluding carboxylic acids is 1. The average molecular weight is 347 g/mol. The van der Waals surface area contributed by atoms with E-state index in [0.717, 1.165) is 31.9 Å². The summed E-state index contributed by atoms with van der Waals surface area (Å²) in [5, 5.41) is 0. The highest BCUT2D eigenvalue weighted by molar-refractivity contribution is 7.86. The van der Waals surface area contributed by atoms with Crippen LogP contribution >= 0.6 is 0 Å². The van der Waals surface area contributed by atoms with E-state index in [1.54, 1.807) is 4.90 Å². The first-order valence-electron chi connectivity index (χ1n) is 8.25. The molecule has 0 radical (unpaired) electrons. The Morgan fingerprint density at radius 3 is 2.17 bits per heavy atom. The third-order valence-electron chi connectivity index (χ3n) is 4.86. The van der Waals surface area contributed by atoms with Crippen LogP contribution < -0.4 is 0 Å². The van der Waals surface area contributed by atoms with E-state index in [0.29, 0.717) is 13.1 Å². The Balaban J connectivity index is 1.79. The fourth-order valence-electron chi connectivity index (χ4n) is 3.64. The molecule has 0 aromatic carbocycles. The summed E-state index contributed by atoms with van der Waals surface area (Å²) in [6.07, 6.45) is 4.45. The van der Waals surface area contributed by atoms with Gasteiger partial charge in [0.05, 0.1) is 12.4 Å². The number of piperidine rings is 1. The van der Waals surface area contributed by atoms with E-state index in [-0.39, 0.29) is 23.5 Å². The predicted molar refractivity (Wildman–Crippen MR) is 87.6 cm³/mol. The highest BCUT2D eigenvalue weighted by atomic mass is 32.2. The second-order valence-electron chi connectivity index (χ2n) is 8.14. The van der Waals surface area contributed by atoms with E-state index in [1.807, 2.05) is 27.7 Å². The van der Waals surface area contributed by atoms with Crippen molar-refractivity contribution < 1.29 is 22.1 Å². The SMILES string of the molecule is CC(OS(C)(=O)=O)C1CC2(CCN(C(=O)OC(C)(C)C)CC2)C1. The van der Waals surface area contributed by atoms with Crippen LogP contribution in [0.15, 0.2) is 0 Å². The Morgan fingerprint density at radius 1 is 1.22 bits per heavy atom. The van der Waals surface area contributed by atoms with Crippen molar-refractivity contribution in [1.29, 1.82) is 0 Å². The summed E-state index contributed by atoms with van der Waals surface area (Å²) in [7, 11) is -3.39. The van der Waals surface area contributed by atoms with Crippen LogP contribution in [0.1, 0.15) is 53.4 Å². The van der Waals surface area contributed by atoms with E-state index in [2.05, 4.69) is 0 Å². The minimum absolute atomic E-state index is 0.239. The number of amides is 1. The number of likely N-dealkylation sites (tertiary alicyclic amines) is 1. The number of nitrogens with zero attached hydrogens (tertiary/aromatic N) is 1. The Kier molecular flexibility index (Phi) is 5.02. The van der Waals surface area contributed by atoms with Crippen LogP contribution in [-0.4, -0.2) is 50.5 Å². The molecule has 1 aliphatic heterocycles. The lowest BCUT2D eigenvalue weighted by Crippen LogP contribution is -2.51. The molecule has 1 saturated carbocycles. The number of hydrogen-bond donors (Lipinski definition) is 0. The second kappa shape index (κ2) is 6.24. The molecule has 2 fully saturated rings. The Labute approximate surface area is 139 Å². The van der Waals surface area contributed by atoms with Gasteiger partial charge in [0.1, 0.15) is 5.60 Å². The molecule has 1 amide bonds. The van der Waals surface area contributed by atoms with Crippen molar-refractivity contribution in [2.45, 2.75) is 65.1 Å². The number of rotatable bonds is 3. The molecule has 2 aliphatic rings. The van der Waals surface area contributed by atoms with Crippen LogP contribution in [0.3, 0.4) is 0 Å². The zero-order chi connectivity index (χ0) is 17.5. The maximum absolute atomic E-state index is 12.1. The summed E-state index contributed by atoms with van der Waals surface area (Å²) >= 11 is 0. The van der Waals surface area contributed by atoms with E-state index < -0.39 is 15.7 Å². The molecule has 1 spiro atoms. The largest absolute Gasteiger partial charge is 0.444 e. The number of hydrogen-bond acceptors (Lipinski definition) is 5. The average Bonchev–Trinajstić information content (AvgIpc) is 2.31. The minimum atomic E-state index is -3.39. The van der Waals surface area contributed by atoms with Crippen molar-refractivity contribution in [3.8, 4) is 0 Å². The van der Waals surface area contributed by atoms with Crippen molar-refractivity contribution in [2.75, 3.05) is 19.3 Å². The van der Waals surface area contributed by atoms with Gasteiger partial charge in [-0.25, -0.2) is 4.79 Å². The van der Waals surface area contributed by atoms with Gasteiger partial charge in [0.25, 0.3) is 10.1 Å². The fourth-order valence-corrected chi connectivity index (χ4v) is 4.35. The first-order valence-corrected chi connectivity index (χ1v) is 10.1. The molecule has 0 aromatic rings. The highest BCUT2D eigenvalue weighted by Gasteiger charge is 2.48. The molecule has 0 bridgehead atoms. The third-order valence-corrected chi connectivity index (χ3v) is 5.51. The van der Waals surface area contributed by atoms with E-state index in [9.17, 15) is 13.2 Å². The molecular weight excluding hydrogens is 318 g/mol. The van der Waals surface area contributed by atoms with Gasteiger partial charge in [0.15, 0.2) is 0 Å². The van der Waals surface area contributed by atoms with Gasteiger partial charge in [-0.15, -0.1) is 0 Å². The summed E-state index contributed by atoms with van der Waals surface area (Å²) in [5.74, 6) is 0.290. The maximum atomic E-state index is 12.1. The maximum Gasteiger partial charge on any atom is 0.410 e. The van der Waals surface area contributed by atoms with Crippen molar-refractivity contribution in [1.82, 2.24) is 4.90 Å². The standard InChI is InChI=1S/C16H29NO5S/c1-12(22-23(5,19)20)13-10-16(11-13)6-8-17(9-7-16)14(18)21-15(2,3)4/h12-13H,6-11H2,1-5H3. The normalized spacial score (nSPS) is 23.4. The Morgan fingerprint density at radius 2 is 1.74 bits per heavy atom. The lowest BCUT2D eigenvalue weighted by atomic mass is 9.56. The van der Waals surface area contributed by atoms with Crippen molar-refractivity contribution in [2.24, 2.45) is 11.3 Å². The van der Waals surface area contributed by atoms with Gasteiger partial charge in [-0.1, -0.05) is 0 Å². The minimum Gasteiger partial charge on any atom is -0.444 e. The second-order valence-corrected chi connectivity index (χ2v) is 9.74. The molecule has 23 heavy (non-hydrogen) atoms. The predicted octanol–water partition coefficient (Wildman–Crippen LogP) is 2.78. The number of ether oxygens (including phenoxy) is 1. The van der Waals surface area contributed by atoms with Crippen LogP contribution in [0.2, 0.25) is 0 Å². The van der Waals surface area contributed by atoms with Gasteiger partial charge in [-0.3, -0.25) is 4.18 Å². The summed E-state index contributed by atoms with van der Waals surface area (Å²) in [6, 6.07) is 0. The smallest absolute Gasteiger partial charge is 0.410 e. The molecule has 0 N–H and O–H groups in total. The van der Waals surface area contributed by atoms with Gasteiger partial charge in [0, 0.05) is 13.1 Å². The van der Waals surface area contributed by atoms with Crippen LogP contribution in [0.4, 0.5) is 4.79 Å². The number of carbonyl (C=O) groups is 1. The molecule has 7 heteroatoms. The van der Waals surface area contributed by atoms with Gasteiger partial charge >= 0.3 is 6.09 Å². The van der Waals surface area contributed by atoms with Crippen molar-refractivity contribution >= 4 is 16.2 Å². The molecule has 1 aliphatic carbocycles. The summed E-state index contributed by atoms with van der Waals surface area (Å²) in [5.41, 5.74) is -0.218. The summed E-state index contributed by atoms with van der Waals surface area (Å²) in [4.78, 5) is 13.9. The molecule has 134 valence electrons. The van der Waals surface area contributed by atoms with Crippen LogP contribution in [0.5, 0.6) is 0 Å². The Hall–Kier alpha value is -0.820. The molecule has 1 atom stereocenters. The van der Waals surface area contributed by atoms with E-state index in [1.165, 1.54) is 0 Å². The topological polar surface area (TPSA) is 72.9 Å². The molecule has 1 unspecified atom stereocenters. The lowest BCUT2D eigenvalue weighted by molar-refractivity contribution is -0.0562. The lowest BCUT2D eigenvalue weighted by Gasteiger charge is -2.53. The fraction of sp³-hybridized carbons (Fsp3) is 0.938. The van der Waals surface area contributed by atoms with Crippen LogP contribution in [0, 0.1) is 11.3 Å². The zero-order valence-corrected chi connectivity index (χ0v) is 15.6. The quantitative estimate of drug-likeness (QED) is 0.734. The van der Waals surface area contributed by atoms with Crippen molar-refractivity contribution in [3.63, 3.8) is 0 Å². The highest BCUT2D eigenvalue weighted by Crippen LogP contribution is 2.54. The van der Waals surface area contributed by atoms with Crippen LogP contribution in [0.25, 0.3) is 0 Å². The first-order chi connectivity index (χ1) is 10.4. The molecule has 1 saturated heterocycles. The molecular formula is C16H29NO5S. The van der Waals surface area contributed by atoms with Crippen molar-refractivity contribution in [3.05, 3.63) is 0 Å². The molecule has 2 rings (SSSR count). The van der Waals surface area contributed by atoms with E-state index in [4.69, 9.17) is 8.92 Å². The summed E-state index contributed by atoms with van der Waals surface area (Å²) < 4.78 is 32.9. The van der Waals surface area contributed by atoms with E-state index >= 15 is 0 Å². The first kappa shape index (κ1) is 18.5. The van der Waals surface area contributed by atoms with Gasteiger partial charge in [-0.2, -0.15) is 8.42 Å². The molecule has 6 nitrogen and oxygen atoms in total. The summed E-state index contributed by atoms with van der Waals surface area (Å²) in [6.45, 7) is 8.86. The Bertz CT molecular complexity index is 535. The third kappa shape index (κ3) is 5.08. The van der Waals surface area contributed by atoms with Crippen LogP contribution in [-0.2, 0) is 19.0 Å². The van der Waals surface area contributed by atoms with Gasteiger partial charge in [0.2, 0.25) is 0 Å². The molecule has 1 heterocycles. The monoisotopic (exact) mass is 347 g/mol.